The summed E-state index contributed by atoms with van der Waals surface area (Å²) < 4.78 is 11.9. The second kappa shape index (κ2) is 15.5. The van der Waals surface area contributed by atoms with Gasteiger partial charge in [-0.05, 0) is 110 Å². The van der Waals surface area contributed by atoms with Crippen LogP contribution in [0.15, 0.2) is 46.1 Å². The number of ketones is 3. The highest BCUT2D eigenvalue weighted by Gasteiger charge is 2.60. The number of esters is 1. The molecule has 4 aliphatic rings. The Hall–Kier alpha value is -2.72. The van der Waals surface area contributed by atoms with Crippen LogP contribution >= 0.6 is 0 Å². The molecule has 2 aliphatic carbocycles. The highest BCUT2D eigenvalue weighted by Crippen LogP contribution is 2.55. The van der Waals surface area contributed by atoms with E-state index < -0.39 is 58.7 Å². The molecule has 0 aromatic carbocycles. The zero-order valence-corrected chi connectivity index (χ0v) is 31.6. The van der Waals surface area contributed by atoms with Gasteiger partial charge in [0.2, 0.25) is 0 Å². The van der Waals surface area contributed by atoms with Crippen molar-refractivity contribution in [1.29, 1.82) is 0 Å². The molecule has 0 amide bonds. The van der Waals surface area contributed by atoms with Gasteiger partial charge in [0.05, 0.1) is 36.4 Å². The first-order chi connectivity index (χ1) is 23.3. The average molecular weight is 697 g/mol. The monoisotopic (exact) mass is 696 g/mol. The Labute approximate surface area is 298 Å². The summed E-state index contributed by atoms with van der Waals surface area (Å²) in [4.78, 5) is 57.1. The number of carbonyl (C=O) groups is 4. The van der Waals surface area contributed by atoms with Crippen LogP contribution in [0.4, 0.5) is 0 Å². The molecule has 2 heterocycles. The predicted molar refractivity (Wildman–Crippen MR) is 191 cm³/mol. The second-order valence-corrected chi connectivity index (χ2v) is 16.5. The van der Waals surface area contributed by atoms with Crippen LogP contribution in [0.3, 0.4) is 0 Å². The van der Waals surface area contributed by atoms with Crippen molar-refractivity contribution in [2.24, 2.45) is 29.1 Å². The van der Waals surface area contributed by atoms with Gasteiger partial charge in [0, 0.05) is 30.6 Å². The minimum atomic E-state index is -1.71. The highest BCUT2D eigenvalue weighted by molar-refractivity contribution is 6.02. The maximum absolute atomic E-state index is 14.6. The Morgan fingerprint density at radius 1 is 0.960 bits per heavy atom. The van der Waals surface area contributed by atoms with Crippen LogP contribution < -0.4 is 0 Å². The van der Waals surface area contributed by atoms with Gasteiger partial charge in [0.1, 0.15) is 11.4 Å². The van der Waals surface area contributed by atoms with Gasteiger partial charge < -0.3 is 24.8 Å². The lowest BCUT2D eigenvalue weighted by atomic mass is 9.53. The largest absolute Gasteiger partial charge is 0.469 e. The van der Waals surface area contributed by atoms with Gasteiger partial charge in [-0.3, -0.25) is 19.2 Å². The van der Waals surface area contributed by atoms with Crippen molar-refractivity contribution in [1.82, 2.24) is 0 Å². The Kier molecular flexibility index (Phi) is 12.4. The van der Waals surface area contributed by atoms with Crippen LogP contribution in [-0.4, -0.2) is 75.3 Å². The number of aliphatic hydroxyl groups is 3. The van der Waals surface area contributed by atoms with Crippen LogP contribution in [0.25, 0.3) is 0 Å². The Balaban J connectivity index is 2.00. The first-order valence-corrected chi connectivity index (χ1v) is 18.4. The smallest absolute Gasteiger partial charge is 0.313 e. The normalized spacial score (nSPS) is 41.5. The number of Topliss-reactive ketones (excluding diaryl/α,β-unsaturated/α-hetero) is 2. The van der Waals surface area contributed by atoms with Crippen molar-refractivity contribution in [2.75, 3.05) is 7.11 Å². The minimum Gasteiger partial charge on any atom is -0.469 e. The molecule has 0 radical (unpaired) electrons. The molecule has 50 heavy (non-hydrogen) atoms. The fourth-order valence-corrected chi connectivity index (χ4v) is 8.81. The molecule has 1 saturated heterocycles. The van der Waals surface area contributed by atoms with E-state index in [0.717, 1.165) is 16.7 Å². The number of rotatable bonds is 2. The van der Waals surface area contributed by atoms with E-state index in [4.69, 9.17) is 9.47 Å². The molecule has 3 N–H and O–H groups in total. The predicted octanol–water partition coefficient (Wildman–Crippen LogP) is 6.09. The molecule has 1 fully saturated rings. The number of allylic oxidation sites excluding steroid dienone is 7. The van der Waals surface area contributed by atoms with Crippen LogP contribution in [0, 0.1) is 29.1 Å². The SMILES string of the molecule is COC(=O)[C@]12CC(=O)[C@H](C(C)C)CC(=O)/C(C)=C/CC/C(C)=C\C(=O)[C@H]1CC(C)=C1C[C@H](O)[C@](C)(O)[C@H]3CC[C@@](C)(O3)[C@@H](O)CC/C(C)=C/[C@@H]12. The number of carbonyl (C=O) groups excluding carboxylic acids is 4. The van der Waals surface area contributed by atoms with E-state index >= 15 is 0 Å². The maximum Gasteiger partial charge on any atom is 0.313 e. The van der Waals surface area contributed by atoms with E-state index in [1.807, 2.05) is 53.7 Å². The lowest BCUT2D eigenvalue weighted by molar-refractivity contribution is -0.188. The quantitative estimate of drug-likeness (QED) is 0.231. The van der Waals surface area contributed by atoms with Gasteiger partial charge in [-0.1, -0.05) is 48.3 Å². The molecule has 0 unspecified atom stereocenters. The standard InChI is InChI=1S/C41H60O9/c1-23(2)28-20-32(42)26(5)12-10-11-24(3)18-33(43)31-19-27(6)29-21-36(46)40(8,48)37-15-16-39(7,50-37)35(45)14-13-25(4)17-30(29)41(31,22-34(28)44)38(47)49-9/h12,17-18,23,28,30-31,35-37,45-46,48H,10-11,13-16,19-22H2,1-9H3/b24-18-,25-17+,26-12+/t28-,30-,31+,35-,36-,37+,39+,40-,41-/m0/s1. The number of hydrogen-bond acceptors (Lipinski definition) is 9. The summed E-state index contributed by atoms with van der Waals surface area (Å²) in [6.07, 6.45) is 5.05. The molecule has 278 valence electrons. The van der Waals surface area contributed by atoms with Gasteiger partial charge in [-0.25, -0.2) is 0 Å². The third-order valence-corrected chi connectivity index (χ3v) is 12.4. The molecule has 9 heteroatoms. The molecule has 9 nitrogen and oxygen atoms in total. The van der Waals surface area contributed by atoms with Crippen molar-refractivity contribution < 1.29 is 44.0 Å². The summed E-state index contributed by atoms with van der Waals surface area (Å²) in [5, 5.41) is 35.0. The van der Waals surface area contributed by atoms with E-state index in [2.05, 4.69) is 0 Å². The van der Waals surface area contributed by atoms with Crippen molar-refractivity contribution in [3.8, 4) is 0 Å². The number of hydrogen-bond donors (Lipinski definition) is 3. The molecule has 9 atom stereocenters. The van der Waals surface area contributed by atoms with Gasteiger partial charge in [0.15, 0.2) is 11.6 Å². The molecule has 0 aromatic rings. The molecule has 0 saturated carbocycles. The van der Waals surface area contributed by atoms with E-state index in [1.54, 1.807) is 13.0 Å². The first-order valence-electron chi connectivity index (χ1n) is 18.4. The van der Waals surface area contributed by atoms with Gasteiger partial charge in [-0.15, -0.1) is 0 Å². The van der Waals surface area contributed by atoms with Crippen molar-refractivity contribution in [2.45, 2.75) is 149 Å². The summed E-state index contributed by atoms with van der Waals surface area (Å²) in [6, 6.07) is 0. The molecule has 4 rings (SSSR count). The Bertz CT molecular complexity index is 1480. The van der Waals surface area contributed by atoms with Crippen molar-refractivity contribution >= 4 is 23.3 Å². The molecule has 0 aromatic heterocycles. The van der Waals surface area contributed by atoms with E-state index in [9.17, 15) is 34.5 Å². The summed E-state index contributed by atoms with van der Waals surface area (Å²) in [5.41, 5.74) is -0.648. The van der Waals surface area contributed by atoms with Gasteiger partial charge >= 0.3 is 5.97 Å². The number of aliphatic hydroxyl groups excluding tert-OH is 2. The molecule has 2 aliphatic heterocycles. The van der Waals surface area contributed by atoms with Gasteiger partial charge in [-0.2, -0.15) is 0 Å². The summed E-state index contributed by atoms with van der Waals surface area (Å²) in [7, 11) is 1.26. The minimum absolute atomic E-state index is 0.00952. The first kappa shape index (κ1) is 40.1. The Morgan fingerprint density at radius 3 is 2.28 bits per heavy atom. The van der Waals surface area contributed by atoms with Crippen LogP contribution in [0.2, 0.25) is 0 Å². The number of ether oxygens (including phenoxy) is 2. The molecule has 0 spiro atoms. The van der Waals surface area contributed by atoms with Crippen LogP contribution in [0.5, 0.6) is 0 Å². The second-order valence-electron chi connectivity index (χ2n) is 16.5. The zero-order valence-electron chi connectivity index (χ0n) is 31.6. The van der Waals surface area contributed by atoms with E-state index in [1.165, 1.54) is 14.0 Å². The van der Waals surface area contributed by atoms with Crippen LogP contribution in [-0.2, 0) is 28.7 Å². The van der Waals surface area contributed by atoms with Crippen molar-refractivity contribution in [3.63, 3.8) is 0 Å². The summed E-state index contributed by atoms with van der Waals surface area (Å²) in [6.45, 7) is 14.5. The Morgan fingerprint density at radius 2 is 1.64 bits per heavy atom. The molecular weight excluding hydrogens is 636 g/mol. The summed E-state index contributed by atoms with van der Waals surface area (Å²) >= 11 is 0. The van der Waals surface area contributed by atoms with Gasteiger partial charge in [0.25, 0.3) is 0 Å². The third-order valence-electron chi connectivity index (χ3n) is 12.4. The van der Waals surface area contributed by atoms with E-state index in [0.29, 0.717) is 49.7 Å². The average Bonchev–Trinajstić information content (AvgIpc) is 3.47. The fraction of sp³-hybridized carbons (Fsp3) is 0.707. The fourth-order valence-electron chi connectivity index (χ4n) is 8.81. The van der Waals surface area contributed by atoms with Crippen molar-refractivity contribution in [3.05, 3.63) is 46.1 Å². The third kappa shape index (κ3) is 7.86. The highest BCUT2D eigenvalue weighted by atomic mass is 16.5. The molecule has 2 bridgehead atoms. The lowest BCUT2D eigenvalue weighted by Crippen LogP contribution is -2.55. The topological polar surface area (TPSA) is 147 Å². The number of fused-ring (bicyclic) bond motifs is 5. The zero-order chi connectivity index (χ0) is 37.3. The summed E-state index contributed by atoms with van der Waals surface area (Å²) in [5.74, 6) is -4.13. The van der Waals surface area contributed by atoms with Crippen LogP contribution in [0.1, 0.15) is 120 Å². The lowest BCUT2D eigenvalue weighted by Gasteiger charge is -2.48. The van der Waals surface area contributed by atoms with E-state index in [-0.39, 0.29) is 49.0 Å². The molecular formula is C41H60O9. The maximum atomic E-state index is 14.6. The number of methoxy groups -OCH3 is 1.